The second-order valence-corrected chi connectivity index (χ2v) is 8.90. The average molecular weight is 276 g/mol. The smallest absolute Gasteiger partial charge is 0.151 e. The summed E-state index contributed by atoms with van der Waals surface area (Å²) in [6.07, 6.45) is 0.784. The van der Waals surface area contributed by atoms with Gasteiger partial charge in [0.25, 0.3) is 0 Å². The maximum Gasteiger partial charge on any atom is 0.151 e. The van der Waals surface area contributed by atoms with Crippen molar-refractivity contribution in [3.05, 3.63) is 0 Å². The molecule has 0 radical (unpaired) electrons. The first kappa shape index (κ1) is 15.9. The molecule has 0 saturated carbocycles. The van der Waals surface area contributed by atoms with Crippen molar-refractivity contribution in [1.82, 2.24) is 10.2 Å². The summed E-state index contributed by atoms with van der Waals surface area (Å²) in [6.45, 7) is 10.6. The maximum absolute atomic E-state index is 11.5. The van der Waals surface area contributed by atoms with Crippen molar-refractivity contribution in [3.63, 3.8) is 0 Å². The molecule has 18 heavy (non-hydrogen) atoms. The van der Waals surface area contributed by atoms with Gasteiger partial charge in [0, 0.05) is 25.2 Å². The first-order valence-corrected chi connectivity index (χ1v) is 8.57. The van der Waals surface area contributed by atoms with E-state index in [4.69, 9.17) is 0 Å². The Morgan fingerprint density at radius 1 is 1.39 bits per heavy atom. The van der Waals surface area contributed by atoms with Gasteiger partial charge >= 0.3 is 0 Å². The summed E-state index contributed by atoms with van der Waals surface area (Å²) in [7, 11) is -0.735. The van der Waals surface area contributed by atoms with Crippen LogP contribution in [0.2, 0.25) is 0 Å². The summed E-state index contributed by atoms with van der Waals surface area (Å²) in [4.78, 5) is 2.21. The number of nitrogens with one attached hydrogen (secondary N) is 1. The Balaban J connectivity index is 2.46. The minimum atomic E-state index is -2.78. The van der Waals surface area contributed by atoms with Crippen LogP contribution >= 0.6 is 0 Å². The van der Waals surface area contributed by atoms with E-state index in [1.807, 2.05) is 7.05 Å². The van der Waals surface area contributed by atoms with Gasteiger partial charge in [0.05, 0.1) is 11.5 Å². The van der Waals surface area contributed by atoms with Gasteiger partial charge in [-0.15, -0.1) is 0 Å². The maximum atomic E-state index is 11.5. The Bertz CT molecular complexity index is 363. The number of rotatable bonds is 6. The first-order valence-electron chi connectivity index (χ1n) is 6.75. The van der Waals surface area contributed by atoms with E-state index in [-0.39, 0.29) is 11.5 Å². The molecular formula is C13H28N2O2S. The zero-order chi connectivity index (χ0) is 14.0. The monoisotopic (exact) mass is 276 g/mol. The second kappa shape index (κ2) is 5.88. The van der Waals surface area contributed by atoms with E-state index in [2.05, 4.69) is 37.9 Å². The Hall–Kier alpha value is -0.130. The Labute approximate surface area is 112 Å². The predicted molar refractivity (Wildman–Crippen MR) is 76.6 cm³/mol. The summed E-state index contributed by atoms with van der Waals surface area (Å²) in [5.74, 6) is 0.684. The summed E-state index contributed by atoms with van der Waals surface area (Å²) in [5.41, 5.74) is 0.158. The third kappa shape index (κ3) is 5.24. The normalized spacial score (nSPS) is 24.1. The Kier molecular flexibility index (Phi) is 5.21. The molecule has 0 aromatic heterocycles. The quantitative estimate of drug-likeness (QED) is 0.790. The molecule has 1 N–H and O–H groups in total. The number of sulfone groups is 1. The van der Waals surface area contributed by atoms with Crippen LogP contribution in [0.15, 0.2) is 0 Å². The SMILES string of the molecule is CC(C)NCC(C)(C)CN(C)C1CCS(=O)(=O)C1. The van der Waals surface area contributed by atoms with E-state index in [0.29, 0.717) is 17.5 Å². The van der Waals surface area contributed by atoms with Gasteiger partial charge in [0.2, 0.25) is 0 Å². The van der Waals surface area contributed by atoms with E-state index in [9.17, 15) is 8.42 Å². The fourth-order valence-corrected chi connectivity index (χ4v) is 4.27. The molecule has 0 aromatic carbocycles. The van der Waals surface area contributed by atoms with Crippen LogP contribution in [0, 0.1) is 5.41 Å². The molecule has 108 valence electrons. The van der Waals surface area contributed by atoms with Crippen LogP contribution < -0.4 is 5.32 Å². The van der Waals surface area contributed by atoms with Gasteiger partial charge in [-0.2, -0.15) is 0 Å². The molecule has 0 aromatic rings. The zero-order valence-corrected chi connectivity index (χ0v) is 13.2. The van der Waals surface area contributed by atoms with Crippen LogP contribution in [0.1, 0.15) is 34.1 Å². The van der Waals surface area contributed by atoms with Crippen LogP contribution in [0.3, 0.4) is 0 Å². The molecule has 1 rings (SSSR count). The van der Waals surface area contributed by atoms with Crippen LogP contribution in [-0.4, -0.2) is 57.0 Å². The van der Waals surface area contributed by atoms with Gasteiger partial charge < -0.3 is 10.2 Å². The van der Waals surface area contributed by atoms with Gasteiger partial charge in [-0.05, 0) is 18.9 Å². The third-order valence-electron chi connectivity index (χ3n) is 3.50. The lowest BCUT2D eigenvalue weighted by atomic mass is 9.92. The molecule has 1 unspecified atom stereocenters. The highest BCUT2D eigenvalue weighted by Crippen LogP contribution is 2.22. The number of hydrogen-bond donors (Lipinski definition) is 1. The van der Waals surface area contributed by atoms with E-state index < -0.39 is 9.84 Å². The van der Waals surface area contributed by atoms with Crippen LogP contribution in [0.5, 0.6) is 0 Å². The lowest BCUT2D eigenvalue weighted by Crippen LogP contribution is -2.44. The highest BCUT2D eigenvalue weighted by molar-refractivity contribution is 7.91. The second-order valence-electron chi connectivity index (χ2n) is 6.67. The van der Waals surface area contributed by atoms with Gasteiger partial charge in [-0.1, -0.05) is 27.7 Å². The lowest BCUT2D eigenvalue weighted by molar-refractivity contribution is 0.165. The highest BCUT2D eigenvalue weighted by atomic mass is 32.2. The summed E-state index contributed by atoms with van der Waals surface area (Å²) in [5, 5.41) is 3.45. The number of nitrogens with zero attached hydrogens (tertiary/aromatic N) is 1. The predicted octanol–water partition coefficient (Wildman–Crippen LogP) is 1.13. The number of hydrogen-bond acceptors (Lipinski definition) is 4. The van der Waals surface area contributed by atoms with Gasteiger partial charge in [0.15, 0.2) is 9.84 Å². The largest absolute Gasteiger partial charge is 0.314 e. The first-order chi connectivity index (χ1) is 8.11. The Morgan fingerprint density at radius 2 is 2.00 bits per heavy atom. The molecule has 4 nitrogen and oxygen atoms in total. The summed E-state index contributed by atoms with van der Waals surface area (Å²) >= 11 is 0. The Morgan fingerprint density at radius 3 is 2.44 bits per heavy atom. The van der Waals surface area contributed by atoms with E-state index >= 15 is 0 Å². The molecule has 0 aliphatic carbocycles. The fraction of sp³-hybridized carbons (Fsp3) is 1.00. The van der Waals surface area contributed by atoms with Crippen molar-refractivity contribution in [1.29, 1.82) is 0 Å². The van der Waals surface area contributed by atoms with Crippen molar-refractivity contribution in [2.45, 2.75) is 46.2 Å². The van der Waals surface area contributed by atoms with E-state index in [0.717, 1.165) is 19.5 Å². The summed E-state index contributed by atoms with van der Waals surface area (Å²) < 4.78 is 23.0. The summed E-state index contributed by atoms with van der Waals surface area (Å²) in [6, 6.07) is 0.690. The zero-order valence-electron chi connectivity index (χ0n) is 12.4. The van der Waals surface area contributed by atoms with Gasteiger partial charge in [-0.3, -0.25) is 0 Å². The van der Waals surface area contributed by atoms with E-state index in [1.165, 1.54) is 0 Å². The molecule has 1 aliphatic heterocycles. The third-order valence-corrected chi connectivity index (χ3v) is 5.25. The van der Waals surface area contributed by atoms with Crippen molar-refractivity contribution >= 4 is 9.84 Å². The van der Waals surface area contributed by atoms with Crippen LogP contribution in [0.25, 0.3) is 0 Å². The van der Waals surface area contributed by atoms with E-state index in [1.54, 1.807) is 0 Å². The molecule has 1 heterocycles. The molecule has 1 aliphatic rings. The topological polar surface area (TPSA) is 49.4 Å². The van der Waals surface area contributed by atoms with Crippen LogP contribution in [0.4, 0.5) is 0 Å². The van der Waals surface area contributed by atoms with Crippen molar-refractivity contribution in [2.24, 2.45) is 5.41 Å². The minimum Gasteiger partial charge on any atom is -0.314 e. The van der Waals surface area contributed by atoms with Crippen LogP contribution in [-0.2, 0) is 9.84 Å². The van der Waals surface area contributed by atoms with Gasteiger partial charge in [-0.25, -0.2) is 8.42 Å². The lowest BCUT2D eigenvalue weighted by Gasteiger charge is -2.34. The van der Waals surface area contributed by atoms with Crippen molar-refractivity contribution in [2.75, 3.05) is 31.6 Å². The molecule has 0 bridgehead atoms. The van der Waals surface area contributed by atoms with Crippen molar-refractivity contribution < 1.29 is 8.42 Å². The molecule has 0 spiro atoms. The highest BCUT2D eigenvalue weighted by Gasteiger charge is 2.32. The van der Waals surface area contributed by atoms with Gasteiger partial charge in [0.1, 0.15) is 0 Å². The molecule has 1 atom stereocenters. The molecule has 0 amide bonds. The fourth-order valence-electron chi connectivity index (χ4n) is 2.46. The molecule has 5 heteroatoms. The van der Waals surface area contributed by atoms with Crippen molar-refractivity contribution in [3.8, 4) is 0 Å². The standard InChI is InChI=1S/C13H28N2O2S/c1-11(2)14-9-13(3,4)10-15(5)12-6-7-18(16,17)8-12/h11-12,14H,6-10H2,1-5H3. The average Bonchev–Trinajstić information content (AvgIpc) is 2.55. The molecular weight excluding hydrogens is 248 g/mol. The molecule has 1 fully saturated rings. The minimum absolute atomic E-state index is 0.158. The molecule has 1 saturated heterocycles.